The third-order valence-corrected chi connectivity index (χ3v) is 4.93. The molecule has 0 amide bonds. The van der Waals surface area contributed by atoms with Crippen molar-refractivity contribution in [1.82, 2.24) is 24.7 Å². The molecule has 0 radical (unpaired) electrons. The van der Waals surface area contributed by atoms with Gasteiger partial charge in [-0.15, -0.1) is 0 Å². The van der Waals surface area contributed by atoms with E-state index in [1.807, 2.05) is 24.7 Å². The second-order valence-electron chi connectivity index (χ2n) is 6.93. The smallest absolute Gasteiger partial charge is 0.337 e. The fourth-order valence-electron chi connectivity index (χ4n) is 3.52. The van der Waals surface area contributed by atoms with Crippen molar-refractivity contribution in [3.05, 3.63) is 35.7 Å². The Morgan fingerprint density at radius 2 is 2.07 bits per heavy atom. The zero-order chi connectivity index (χ0) is 20.0. The Labute approximate surface area is 161 Å². The minimum Gasteiger partial charge on any atom is -0.465 e. The van der Waals surface area contributed by atoms with Gasteiger partial charge in [0.05, 0.1) is 23.8 Å². The first-order valence-corrected chi connectivity index (χ1v) is 9.08. The fourth-order valence-corrected chi connectivity index (χ4v) is 3.52. The lowest BCUT2D eigenvalue weighted by Gasteiger charge is -2.06. The Morgan fingerprint density at radius 1 is 1.29 bits per heavy atom. The van der Waals surface area contributed by atoms with E-state index >= 15 is 0 Å². The van der Waals surface area contributed by atoms with Gasteiger partial charge in [0.15, 0.2) is 5.65 Å². The highest BCUT2D eigenvalue weighted by atomic mass is 16.5. The van der Waals surface area contributed by atoms with Crippen LogP contribution in [0.25, 0.3) is 33.3 Å². The highest BCUT2D eigenvalue weighted by Gasteiger charge is 2.22. The normalized spacial score (nSPS) is 11.5. The number of nitrogens with zero attached hydrogens (tertiary/aromatic N) is 4. The third-order valence-electron chi connectivity index (χ3n) is 4.93. The Bertz CT molecular complexity index is 1200. The number of carbonyl (C=O) groups excluding carboxylic acids is 1. The second-order valence-corrected chi connectivity index (χ2v) is 6.93. The summed E-state index contributed by atoms with van der Waals surface area (Å²) in [5.74, 6) is 0.358. The van der Waals surface area contributed by atoms with E-state index in [9.17, 15) is 4.79 Å². The van der Waals surface area contributed by atoms with Gasteiger partial charge in [-0.2, -0.15) is 5.10 Å². The maximum Gasteiger partial charge on any atom is 0.337 e. The average Bonchev–Trinajstić information content (AvgIpc) is 3.25. The van der Waals surface area contributed by atoms with Crippen molar-refractivity contribution in [3.8, 4) is 11.4 Å². The molecule has 0 saturated carbocycles. The van der Waals surface area contributed by atoms with Crippen molar-refractivity contribution in [2.24, 2.45) is 0 Å². The quantitative estimate of drug-likeness (QED) is 0.526. The molecule has 1 aromatic carbocycles. The molecule has 0 saturated heterocycles. The molecule has 0 aliphatic heterocycles. The Hall–Kier alpha value is -3.42. The molecule has 4 aromatic rings. The van der Waals surface area contributed by atoms with Gasteiger partial charge in [0, 0.05) is 24.0 Å². The fraction of sp³-hybridized carbons (Fsp3) is 0.300. The van der Waals surface area contributed by atoms with E-state index in [4.69, 9.17) is 9.84 Å². The summed E-state index contributed by atoms with van der Waals surface area (Å²) in [5.41, 5.74) is 4.84. The van der Waals surface area contributed by atoms with E-state index < -0.39 is 0 Å². The maximum absolute atomic E-state index is 11.9. The summed E-state index contributed by atoms with van der Waals surface area (Å²) >= 11 is 0. The van der Waals surface area contributed by atoms with Crippen molar-refractivity contribution in [2.45, 2.75) is 26.8 Å². The van der Waals surface area contributed by atoms with Gasteiger partial charge in [0.2, 0.25) is 0 Å². The molecule has 8 heteroatoms. The number of carbonyl (C=O) groups is 1. The largest absolute Gasteiger partial charge is 0.465 e. The number of aryl methyl sites for hydroxylation is 1. The zero-order valence-electron chi connectivity index (χ0n) is 16.5. The minimum absolute atomic E-state index is 0.145. The van der Waals surface area contributed by atoms with Gasteiger partial charge < -0.3 is 15.0 Å². The molecule has 4 rings (SSSR count). The highest BCUT2D eigenvalue weighted by Crippen LogP contribution is 2.36. The number of benzene rings is 1. The van der Waals surface area contributed by atoms with E-state index in [0.717, 1.165) is 44.7 Å². The number of rotatable bonds is 4. The molecule has 0 fully saturated rings. The van der Waals surface area contributed by atoms with Gasteiger partial charge in [-0.25, -0.2) is 19.4 Å². The summed E-state index contributed by atoms with van der Waals surface area (Å²) < 4.78 is 6.73. The molecule has 0 unspecified atom stereocenters. The van der Waals surface area contributed by atoms with Gasteiger partial charge in [-0.1, -0.05) is 6.07 Å². The van der Waals surface area contributed by atoms with Crippen LogP contribution in [0.15, 0.2) is 24.5 Å². The molecule has 0 spiro atoms. The number of anilines is 1. The van der Waals surface area contributed by atoms with Gasteiger partial charge in [-0.05, 0) is 38.5 Å². The molecule has 144 valence electrons. The average molecular weight is 378 g/mol. The molecule has 0 bridgehead atoms. The summed E-state index contributed by atoms with van der Waals surface area (Å²) in [6.07, 6.45) is 1.54. The Kier molecular flexibility index (Phi) is 4.26. The monoisotopic (exact) mass is 378 g/mol. The summed E-state index contributed by atoms with van der Waals surface area (Å²) in [4.78, 5) is 24.1. The number of esters is 1. The van der Waals surface area contributed by atoms with E-state index in [1.54, 1.807) is 18.5 Å². The number of hydrogen-bond acceptors (Lipinski definition) is 6. The van der Waals surface area contributed by atoms with E-state index in [1.165, 1.54) is 7.11 Å². The molecule has 2 N–H and O–H groups in total. The van der Waals surface area contributed by atoms with Crippen LogP contribution in [0.3, 0.4) is 0 Å². The lowest BCUT2D eigenvalue weighted by atomic mass is 10.1. The van der Waals surface area contributed by atoms with Crippen LogP contribution < -0.4 is 5.32 Å². The Morgan fingerprint density at radius 3 is 2.75 bits per heavy atom. The van der Waals surface area contributed by atoms with E-state index in [0.29, 0.717) is 5.56 Å². The van der Waals surface area contributed by atoms with Crippen LogP contribution in [0.2, 0.25) is 0 Å². The van der Waals surface area contributed by atoms with Crippen LogP contribution >= 0.6 is 0 Å². The molecule has 28 heavy (non-hydrogen) atoms. The lowest BCUT2D eigenvalue weighted by Crippen LogP contribution is -2.04. The molecule has 0 aliphatic rings. The first-order valence-electron chi connectivity index (χ1n) is 9.08. The van der Waals surface area contributed by atoms with Gasteiger partial charge in [0.1, 0.15) is 17.8 Å². The molecule has 8 nitrogen and oxygen atoms in total. The van der Waals surface area contributed by atoms with Crippen molar-refractivity contribution in [2.75, 3.05) is 19.5 Å². The maximum atomic E-state index is 11.9. The van der Waals surface area contributed by atoms with Crippen LogP contribution in [0, 0.1) is 6.92 Å². The van der Waals surface area contributed by atoms with Crippen molar-refractivity contribution >= 4 is 33.7 Å². The molecule has 0 aliphatic carbocycles. The van der Waals surface area contributed by atoms with Crippen molar-refractivity contribution in [1.29, 1.82) is 0 Å². The van der Waals surface area contributed by atoms with Crippen LogP contribution in [-0.4, -0.2) is 44.9 Å². The summed E-state index contributed by atoms with van der Waals surface area (Å²) in [6, 6.07) is 5.64. The second kappa shape index (κ2) is 6.63. The van der Waals surface area contributed by atoms with E-state index in [2.05, 4.69) is 34.1 Å². The predicted molar refractivity (Wildman–Crippen MR) is 109 cm³/mol. The molecule has 3 aromatic heterocycles. The van der Waals surface area contributed by atoms with Gasteiger partial charge >= 0.3 is 5.97 Å². The van der Waals surface area contributed by atoms with Gasteiger partial charge in [-0.3, -0.25) is 0 Å². The van der Waals surface area contributed by atoms with Crippen molar-refractivity contribution in [3.63, 3.8) is 0 Å². The number of aromatic amines is 1. The number of fused-ring (bicyclic) bond motifs is 2. The molecular formula is C20H22N6O2. The first kappa shape index (κ1) is 18.0. The van der Waals surface area contributed by atoms with E-state index in [-0.39, 0.29) is 12.0 Å². The molecule has 3 heterocycles. The van der Waals surface area contributed by atoms with Crippen LogP contribution in [0.5, 0.6) is 0 Å². The Balaban J connectivity index is 2.01. The van der Waals surface area contributed by atoms with Crippen molar-refractivity contribution < 1.29 is 9.53 Å². The first-order chi connectivity index (χ1) is 13.5. The third kappa shape index (κ3) is 2.60. The summed E-state index contributed by atoms with van der Waals surface area (Å²) in [5, 5.41) is 9.87. The topological polar surface area (TPSA) is 97.7 Å². The number of methoxy groups -OCH3 is 1. The highest BCUT2D eigenvalue weighted by molar-refractivity contribution is 6.03. The SMILES string of the molecule is CNc1ncnc2c1c(-c1[nH]c3cc(C(=O)OC)ccc3c1C)nn2C(C)C. The number of hydrogen-bond donors (Lipinski definition) is 2. The molecule has 0 atom stereocenters. The standard InChI is InChI=1S/C20H22N6O2/c1-10(2)26-19-15(18(21-4)22-9-23-19)17(25-26)16-11(3)13-7-6-12(20(27)28-5)8-14(13)24-16/h6-10,24H,1-5H3,(H,21,22,23). The zero-order valence-corrected chi connectivity index (χ0v) is 16.5. The number of nitrogens with one attached hydrogen (secondary N) is 2. The predicted octanol–water partition coefficient (Wildman–Crippen LogP) is 3.69. The molecular weight excluding hydrogens is 356 g/mol. The van der Waals surface area contributed by atoms with Crippen LogP contribution in [-0.2, 0) is 4.74 Å². The number of ether oxygens (including phenoxy) is 1. The van der Waals surface area contributed by atoms with Crippen LogP contribution in [0.1, 0.15) is 35.8 Å². The summed E-state index contributed by atoms with van der Waals surface area (Å²) in [6.45, 7) is 6.17. The van der Waals surface area contributed by atoms with Crippen LogP contribution in [0.4, 0.5) is 5.82 Å². The number of aromatic nitrogens is 5. The summed E-state index contributed by atoms with van der Waals surface area (Å²) in [7, 11) is 3.21. The lowest BCUT2D eigenvalue weighted by molar-refractivity contribution is 0.0601. The number of H-pyrrole nitrogens is 1. The van der Waals surface area contributed by atoms with Gasteiger partial charge in [0.25, 0.3) is 0 Å². The minimum atomic E-state index is -0.365.